The molecule has 0 amide bonds. The third-order valence-electron chi connectivity index (χ3n) is 5.69. The molecule has 7 nitrogen and oxygen atoms in total. The number of para-hydroxylation sites is 3. The summed E-state index contributed by atoms with van der Waals surface area (Å²) in [6.45, 7) is 1.62. The summed E-state index contributed by atoms with van der Waals surface area (Å²) in [6.07, 6.45) is 3.59. The number of hydrogen-bond donors (Lipinski definition) is 1. The summed E-state index contributed by atoms with van der Waals surface area (Å²) in [4.78, 5) is 8.02. The molecule has 5 aromatic rings. The average molecular weight is 480 g/mol. The summed E-state index contributed by atoms with van der Waals surface area (Å²) in [7, 11) is -3.31. The number of sulfone groups is 1. The molecule has 0 bridgehead atoms. The first kappa shape index (κ1) is 22.3. The van der Waals surface area contributed by atoms with E-state index in [1.807, 2.05) is 60.8 Å². The van der Waals surface area contributed by atoms with Crippen LogP contribution in [-0.4, -0.2) is 33.9 Å². The molecule has 172 valence electrons. The van der Waals surface area contributed by atoms with E-state index in [1.165, 1.54) is 0 Å². The SMILES string of the molecule is CCS(=O)(=O)c1ccc(-c2nn(-c3ccccc3)cc2/C=C(/C#N)c2nc3ccccc3[nH]2)cc1. The number of benzene rings is 3. The number of nitrogens with one attached hydrogen (secondary N) is 1. The van der Waals surface area contributed by atoms with Crippen molar-refractivity contribution in [1.82, 2.24) is 19.7 Å². The van der Waals surface area contributed by atoms with Crippen molar-refractivity contribution in [2.45, 2.75) is 11.8 Å². The molecule has 3 aromatic carbocycles. The molecule has 1 N–H and O–H groups in total. The molecule has 0 saturated heterocycles. The summed E-state index contributed by atoms with van der Waals surface area (Å²) in [6, 6.07) is 26.1. The molecule has 0 unspecified atom stereocenters. The van der Waals surface area contributed by atoms with E-state index < -0.39 is 9.84 Å². The Morgan fingerprint density at radius 1 is 1.03 bits per heavy atom. The zero-order valence-electron chi connectivity index (χ0n) is 18.9. The lowest BCUT2D eigenvalue weighted by Gasteiger charge is -2.04. The Balaban J connectivity index is 1.64. The molecule has 0 spiro atoms. The third-order valence-corrected chi connectivity index (χ3v) is 7.45. The van der Waals surface area contributed by atoms with E-state index in [9.17, 15) is 13.7 Å². The number of aromatic nitrogens is 4. The van der Waals surface area contributed by atoms with Crippen LogP contribution >= 0.6 is 0 Å². The van der Waals surface area contributed by atoms with Crippen molar-refractivity contribution >= 4 is 32.5 Å². The van der Waals surface area contributed by atoms with E-state index >= 15 is 0 Å². The topological polar surface area (TPSA) is 104 Å². The van der Waals surface area contributed by atoms with Crippen molar-refractivity contribution in [2.24, 2.45) is 0 Å². The molecule has 2 heterocycles. The molecule has 0 fully saturated rings. The largest absolute Gasteiger partial charge is 0.337 e. The van der Waals surface area contributed by atoms with Gasteiger partial charge in [0.2, 0.25) is 0 Å². The standard InChI is InChI=1S/C27H21N5O2S/c1-2-35(33,34)23-14-12-19(13-15-23)26-21(18-32(31-26)22-8-4-3-5-9-22)16-20(17-28)27-29-24-10-6-7-11-25(24)30-27/h3-16,18H,2H2,1H3,(H,29,30)/b20-16-. The van der Waals surface area contributed by atoms with Gasteiger partial charge in [-0.15, -0.1) is 0 Å². The summed E-state index contributed by atoms with van der Waals surface area (Å²) in [5.41, 5.74) is 4.91. The van der Waals surface area contributed by atoms with Gasteiger partial charge in [0.05, 0.1) is 38.6 Å². The average Bonchev–Trinajstić information content (AvgIpc) is 3.52. The molecular formula is C27H21N5O2S. The van der Waals surface area contributed by atoms with E-state index in [-0.39, 0.29) is 10.6 Å². The number of nitrogens with zero attached hydrogens (tertiary/aromatic N) is 4. The van der Waals surface area contributed by atoms with Crippen LogP contribution in [0.4, 0.5) is 0 Å². The van der Waals surface area contributed by atoms with Gasteiger partial charge in [-0.2, -0.15) is 10.4 Å². The number of imidazole rings is 1. The molecule has 35 heavy (non-hydrogen) atoms. The minimum absolute atomic E-state index is 0.0337. The maximum atomic E-state index is 12.2. The first-order chi connectivity index (χ1) is 17.0. The number of nitriles is 1. The van der Waals surface area contributed by atoms with Crippen molar-refractivity contribution in [1.29, 1.82) is 5.26 Å². The molecule has 0 radical (unpaired) electrons. The number of fused-ring (bicyclic) bond motifs is 1. The van der Waals surface area contributed by atoms with Crippen LogP contribution in [0.25, 0.3) is 39.6 Å². The van der Waals surface area contributed by atoms with Crippen LogP contribution in [0.3, 0.4) is 0 Å². The van der Waals surface area contributed by atoms with Gasteiger partial charge >= 0.3 is 0 Å². The number of hydrogen-bond acceptors (Lipinski definition) is 5. The fourth-order valence-corrected chi connectivity index (χ4v) is 4.69. The summed E-state index contributed by atoms with van der Waals surface area (Å²) >= 11 is 0. The third kappa shape index (κ3) is 4.37. The Bertz CT molecular complexity index is 1660. The zero-order valence-corrected chi connectivity index (χ0v) is 19.7. The normalized spacial score (nSPS) is 12.1. The van der Waals surface area contributed by atoms with E-state index in [2.05, 4.69) is 16.0 Å². The molecule has 0 atom stereocenters. The lowest BCUT2D eigenvalue weighted by atomic mass is 10.1. The molecule has 5 rings (SSSR count). The second-order valence-corrected chi connectivity index (χ2v) is 10.2. The highest BCUT2D eigenvalue weighted by Crippen LogP contribution is 2.29. The highest BCUT2D eigenvalue weighted by atomic mass is 32.2. The number of rotatable bonds is 6. The molecule has 2 aromatic heterocycles. The minimum atomic E-state index is -3.31. The summed E-state index contributed by atoms with van der Waals surface area (Å²) in [5.74, 6) is 0.503. The Morgan fingerprint density at radius 2 is 1.74 bits per heavy atom. The van der Waals surface area contributed by atoms with Crippen LogP contribution in [-0.2, 0) is 9.84 Å². The van der Waals surface area contributed by atoms with Gasteiger partial charge in [-0.05, 0) is 42.5 Å². The predicted molar refractivity (Wildman–Crippen MR) is 136 cm³/mol. The van der Waals surface area contributed by atoms with Gasteiger partial charge in [-0.25, -0.2) is 18.1 Å². The van der Waals surface area contributed by atoms with E-state index in [0.29, 0.717) is 22.7 Å². The maximum Gasteiger partial charge on any atom is 0.178 e. The van der Waals surface area contributed by atoms with Crippen molar-refractivity contribution in [3.8, 4) is 23.0 Å². The highest BCUT2D eigenvalue weighted by Gasteiger charge is 2.16. The van der Waals surface area contributed by atoms with Gasteiger partial charge < -0.3 is 4.98 Å². The van der Waals surface area contributed by atoms with Crippen LogP contribution in [0.5, 0.6) is 0 Å². The van der Waals surface area contributed by atoms with Crippen molar-refractivity contribution in [3.05, 3.63) is 96.4 Å². The van der Waals surface area contributed by atoms with Gasteiger partial charge in [0.15, 0.2) is 9.84 Å². The summed E-state index contributed by atoms with van der Waals surface area (Å²) in [5, 5.41) is 14.7. The lowest BCUT2D eigenvalue weighted by Crippen LogP contribution is -2.03. The molecular weight excluding hydrogens is 458 g/mol. The number of allylic oxidation sites excluding steroid dienone is 1. The maximum absolute atomic E-state index is 12.2. The number of H-pyrrole nitrogens is 1. The molecule has 0 aliphatic carbocycles. The molecule has 8 heteroatoms. The zero-order chi connectivity index (χ0) is 24.4. The monoisotopic (exact) mass is 479 g/mol. The van der Waals surface area contributed by atoms with Gasteiger partial charge in [0.1, 0.15) is 11.9 Å². The van der Waals surface area contributed by atoms with Crippen LogP contribution < -0.4 is 0 Å². The first-order valence-electron chi connectivity index (χ1n) is 11.0. The Kier molecular flexibility index (Phi) is 5.77. The lowest BCUT2D eigenvalue weighted by molar-refractivity contribution is 0.597. The molecule has 0 aliphatic heterocycles. The predicted octanol–water partition coefficient (Wildman–Crippen LogP) is 5.27. The van der Waals surface area contributed by atoms with Crippen LogP contribution in [0.15, 0.2) is 90.0 Å². The van der Waals surface area contributed by atoms with Crippen LogP contribution in [0.1, 0.15) is 18.3 Å². The van der Waals surface area contributed by atoms with Crippen molar-refractivity contribution in [3.63, 3.8) is 0 Å². The number of aromatic amines is 1. The van der Waals surface area contributed by atoms with Gasteiger partial charge in [0, 0.05) is 17.3 Å². The van der Waals surface area contributed by atoms with Crippen LogP contribution in [0.2, 0.25) is 0 Å². The van der Waals surface area contributed by atoms with Crippen LogP contribution in [0, 0.1) is 11.3 Å². The van der Waals surface area contributed by atoms with E-state index in [0.717, 1.165) is 22.3 Å². The second-order valence-electron chi connectivity index (χ2n) is 7.91. The van der Waals surface area contributed by atoms with Crippen molar-refractivity contribution in [2.75, 3.05) is 5.75 Å². The fraction of sp³-hybridized carbons (Fsp3) is 0.0741. The van der Waals surface area contributed by atoms with Crippen molar-refractivity contribution < 1.29 is 8.42 Å². The smallest absolute Gasteiger partial charge is 0.178 e. The van der Waals surface area contributed by atoms with Gasteiger partial charge in [-0.1, -0.05) is 49.4 Å². The highest BCUT2D eigenvalue weighted by molar-refractivity contribution is 7.91. The molecule has 0 aliphatic rings. The van der Waals surface area contributed by atoms with Gasteiger partial charge in [-0.3, -0.25) is 0 Å². The Hall–Kier alpha value is -4.48. The minimum Gasteiger partial charge on any atom is -0.337 e. The second kappa shape index (κ2) is 9.05. The quantitative estimate of drug-likeness (QED) is 0.334. The van der Waals surface area contributed by atoms with E-state index in [4.69, 9.17) is 5.10 Å². The fourth-order valence-electron chi connectivity index (χ4n) is 3.81. The first-order valence-corrected chi connectivity index (χ1v) is 12.7. The summed E-state index contributed by atoms with van der Waals surface area (Å²) < 4.78 is 26.2. The Labute approximate surface area is 202 Å². The van der Waals surface area contributed by atoms with E-state index in [1.54, 1.807) is 41.9 Å². The van der Waals surface area contributed by atoms with Gasteiger partial charge in [0.25, 0.3) is 0 Å². The Morgan fingerprint density at radius 3 is 2.43 bits per heavy atom. The molecule has 0 saturated carbocycles.